The van der Waals surface area contributed by atoms with Gasteiger partial charge in [0.05, 0.1) is 5.76 Å². The van der Waals surface area contributed by atoms with Crippen molar-refractivity contribution in [1.82, 2.24) is 9.97 Å². The molecule has 0 saturated heterocycles. The predicted octanol–water partition coefficient (Wildman–Crippen LogP) is 3.29. The van der Waals surface area contributed by atoms with Gasteiger partial charge in [-0.15, -0.1) is 35.9 Å². The molecule has 0 aliphatic heterocycles. The maximum atomic E-state index is 10.0. The number of hydrogen-bond donors (Lipinski definition) is 1. The van der Waals surface area contributed by atoms with Crippen LogP contribution in [0.25, 0.3) is 11.3 Å². The molecule has 1 N–H and O–H groups in total. The molecule has 113 valence electrons. The molecule has 0 unspecified atom stereocenters. The zero-order chi connectivity index (χ0) is 15.0. The molecule has 21 heavy (non-hydrogen) atoms. The Bertz CT molecular complexity index is 594. The van der Waals surface area contributed by atoms with Crippen molar-refractivity contribution < 1.29 is 30.0 Å². The number of nitrogens with zero attached hydrogens (tertiary/aromatic N) is 2. The largest absolute Gasteiger partial charge is 0.512 e. The van der Waals surface area contributed by atoms with E-state index in [1.165, 1.54) is 19.9 Å². The molecule has 2 rings (SSSR count). The number of aliphatic hydroxyl groups is 1. The maximum Gasteiger partial charge on any atom is 0.155 e. The van der Waals surface area contributed by atoms with Crippen molar-refractivity contribution in [2.75, 3.05) is 0 Å². The average Bonchev–Trinajstić information content (AvgIpc) is 2.39. The minimum absolute atomic E-state index is 0. The predicted molar refractivity (Wildman–Crippen MR) is 78.1 cm³/mol. The Balaban J connectivity index is 0.000000436. The van der Waals surface area contributed by atoms with Gasteiger partial charge < -0.3 is 10.1 Å². The molecule has 0 amide bonds. The number of aromatic nitrogens is 2. The molecule has 0 aliphatic carbocycles. The first-order valence-corrected chi connectivity index (χ1v) is 6.13. The summed E-state index contributed by atoms with van der Waals surface area (Å²) in [5.41, 5.74) is 2.83. The number of rotatable bonds is 2. The van der Waals surface area contributed by atoms with Crippen molar-refractivity contribution in [3.8, 4) is 11.3 Å². The second-order valence-electron chi connectivity index (χ2n) is 4.16. The van der Waals surface area contributed by atoms with E-state index in [0.29, 0.717) is 0 Å². The minimum Gasteiger partial charge on any atom is -0.512 e. The van der Waals surface area contributed by atoms with E-state index in [2.05, 4.69) is 16.0 Å². The quantitative estimate of drug-likeness (QED) is 0.424. The number of hydrogen-bond acceptors (Lipinski definition) is 4. The molecule has 5 heteroatoms. The van der Waals surface area contributed by atoms with Gasteiger partial charge in [-0.3, -0.25) is 9.78 Å². The molecule has 0 saturated carbocycles. The van der Waals surface area contributed by atoms with Crippen molar-refractivity contribution in [2.24, 2.45) is 0 Å². The normalized spacial score (nSPS) is 9.95. The van der Waals surface area contributed by atoms with Gasteiger partial charge in [0.15, 0.2) is 5.78 Å². The van der Waals surface area contributed by atoms with Gasteiger partial charge in [-0.1, -0.05) is 0 Å². The number of allylic oxidation sites excluding steroid dienone is 2. The zero-order valence-corrected chi connectivity index (χ0v) is 14.5. The van der Waals surface area contributed by atoms with Gasteiger partial charge in [0, 0.05) is 50.0 Å². The van der Waals surface area contributed by atoms with Gasteiger partial charge in [0.25, 0.3) is 0 Å². The fourth-order valence-electron chi connectivity index (χ4n) is 1.51. The van der Waals surface area contributed by atoms with Crippen LogP contribution in [0.4, 0.5) is 0 Å². The molecule has 0 spiro atoms. The van der Waals surface area contributed by atoms with E-state index in [1.54, 1.807) is 12.4 Å². The summed E-state index contributed by atoms with van der Waals surface area (Å²) in [6.45, 7) is 4.80. The topological polar surface area (TPSA) is 63.1 Å². The molecule has 2 aromatic rings. The Morgan fingerprint density at radius 2 is 1.90 bits per heavy atom. The Labute approximate surface area is 138 Å². The number of carbonyl (C=O) groups is 1. The Morgan fingerprint density at radius 1 is 1.24 bits per heavy atom. The molecule has 0 bridgehead atoms. The van der Waals surface area contributed by atoms with Crippen molar-refractivity contribution in [3.63, 3.8) is 0 Å². The molecular weight excluding hydrogens is 444 g/mol. The van der Waals surface area contributed by atoms with E-state index < -0.39 is 0 Å². The van der Waals surface area contributed by atoms with E-state index in [9.17, 15) is 4.79 Å². The number of aryl methyl sites for hydroxylation is 1. The molecule has 0 aliphatic rings. The van der Waals surface area contributed by atoms with Crippen LogP contribution in [0.1, 0.15) is 19.5 Å². The standard InChI is InChI=1S/C11H9N2.C5H8O2.Ir/c1-9-11(13-8-7-12-9)10-5-3-2-4-6-10;1-4(6)3-5(2)7;/h2-5,7-8H,1H3;3,6H,1-2H3;/q-1;;/b;4-3-;. The average molecular weight is 462 g/mol. The third-order valence-corrected chi connectivity index (χ3v) is 2.26. The monoisotopic (exact) mass is 462 g/mol. The van der Waals surface area contributed by atoms with E-state index in [-0.39, 0.29) is 31.6 Å². The summed E-state index contributed by atoms with van der Waals surface area (Å²) < 4.78 is 0. The third-order valence-electron chi connectivity index (χ3n) is 2.26. The van der Waals surface area contributed by atoms with E-state index >= 15 is 0 Å². The van der Waals surface area contributed by atoms with E-state index in [1.807, 2.05) is 31.2 Å². The minimum atomic E-state index is -0.125. The van der Waals surface area contributed by atoms with Gasteiger partial charge >= 0.3 is 0 Å². The Hall–Kier alpha value is -1.84. The number of benzene rings is 1. The van der Waals surface area contributed by atoms with Gasteiger partial charge in [-0.05, 0) is 20.8 Å². The van der Waals surface area contributed by atoms with Crippen molar-refractivity contribution in [2.45, 2.75) is 20.8 Å². The van der Waals surface area contributed by atoms with Crippen molar-refractivity contribution in [3.05, 3.63) is 60.3 Å². The molecule has 1 radical (unpaired) electrons. The van der Waals surface area contributed by atoms with Crippen LogP contribution in [0, 0.1) is 13.0 Å². The second-order valence-corrected chi connectivity index (χ2v) is 4.16. The van der Waals surface area contributed by atoms with Crippen molar-refractivity contribution in [1.29, 1.82) is 0 Å². The summed E-state index contributed by atoms with van der Waals surface area (Å²) in [6.07, 6.45) is 4.56. The number of ketones is 1. The molecule has 0 fully saturated rings. The molecule has 4 nitrogen and oxygen atoms in total. The molecule has 1 heterocycles. The van der Waals surface area contributed by atoms with Crippen LogP contribution in [0.2, 0.25) is 0 Å². The number of carbonyl (C=O) groups excluding carboxylic acids is 1. The van der Waals surface area contributed by atoms with Crippen LogP contribution < -0.4 is 0 Å². The van der Waals surface area contributed by atoms with Crippen LogP contribution in [0.3, 0.4) is 0 Å². The first kappa shape index (κ1) is 19.2. The van der Waals surface area contributed by atoms with Gasteiger partial charge in [0.2, 0.25) is 0 Å². The Morgan fingerprint density at radius 3 is 2.33 bits per heavy atom. The summed E-state index contributed by atoms with van der Waals surface area (Å²) in [7, 11) is 0. The van der Waals surface area contributed by atoms with Crippen LogP contribution in [-0.4, -0.2) is 20.9 Å². The van der Waals surface area contributed by atoms with Crippen molar-refractivity contribution >= 4 is 5.78 Å². The summed E-state index contributed by atoms with van der Waals surface area (Å²) in [5, 5.41) is 8.36. The SMILES string of the molecule is CC(=O)/C=C(/C)O.Cc1nccnc1-c1[c-]cccc1.[Ir]. The fourth-order valence-corrected chi connectivity index (χ4v) is 1.51. The summed E-state index contributed by atoms with van der Waals surface area (Å²) in [6, 6.07) is 10.9. The van der Waals surface area contributed by atoms with Crippen LogP contribution in [-0.2, 0) is 24.9 Å². The second kappa shape index (κ2) is 9.97. The molecule has 0 atom stereocenters. The van der Waals surface area contributed by atoms with Gasteiger partial charge in [-0.2, -0.15) is 0 Å². The van der Waals surface area contributed by atoms with E-state index in [4.69, 9.17) is 5.11 Å². The van der Waals surface area contributed by atoms with E-state index in [0.717, 1.165) is 17.0 Å². The summed E-state index contributed by atoms with van der Waals surface area (Å²) in [5.74, 6) is -0.0625. The smallest absolute Gasteiger partial charge is 0.155 e. The van der Waals surface area contributed by atoms with Gasteiger partial charge in [0.1, 0.15) is 0 Å². The maximum absolute atomic E-state index is 10.0. The third kappa shape index (κ3) is 7.49. The molecule has 1 aromatic carbocycles. The molecular formula is C16H17IrN2O2-. The van der Waals surface area contributed by atoms with Gasteiger partial charge in [-0.25, -0.2) is 0 Å². The first-order valence-electron chi connectivity index (χ1n) is 6.13. The van der Waals surface area contributed by atoms with Crippen LogP contribution in [0.5, 0.6) is 0 Å². The summed E-state index contributed by atoms with van der Waals surface area (Å²) in [4.78, 5) is 18.4. The number of aliphatic hydroxyl groups excluding tert-OH is 1. The molecule has 1 aromatic heterocycles. The first-order chi connectivity index (χ1) is 9.50. The Kier molecular flexibility index (Phi) is 9.10. The fraction of sp³-hybridized carbons (Fsp3) is 0.188. The van der Waals surface area contributed by atoms with Crippen LogP contribution in [0.15, 0.2) is 48.5 Å². The zero-order valence-electron chi connectivity index (χ0n) is 12.1. The van der Waals surface area contributed by atoms with Crippen LogP contribution >= 0.6 is 0 Å². The summed E-state index contributed by atoms with van der Waals surface area (Å²) >= 11 is 0.